The largest absolute Gasteiger partial charge is 0.482 e. The van der Waals surface area contributed by atoms with E-state index in [0.29, 0.717) is 12.3 Å². The van der Waals surface area contributed by atoms with Crippen LogP contribution in [0.5, 0.6) is 5.75 Å². The van der Waals surface area contributed by atoms with Crippen molar-refractivity contribution in [3.63, 3.8) is 0 Å². The van der Waals surface area contributed by atoms with Crippen molar-refractivity contribution in [1.82, 2.24) is 4.98 Å². The molecule has 1 aromatic heterocycles. The number of hydrogen-bond donors (Lipinski definition) is 2. The van der Waals surface area contributed by atoms with E-state index in [2.05, 4.69) is 10.3 Å². The average Bonchev–Trinajstić information content (AvgIpc) is 2.48. The molecule has 104 valence electrons. The number of rotatable bonds is 6. The standard InChI is InChI=1S/C15H17N3O2/c16-9-8-12-6-7-14(10-17-12)20-11-15(19)18-13-4-2-1-3-5-13/h1-7,10H,8-9,11,16H2,(H,18,19). The highest BCUT2D eigenvalue weighted by atomic mass is 16.5. The van der Waals surface area contributed by atoms with Gasteiger partial charge in [-0.1, -0.05) is 18.2 Å². The summed E-state index contributed by atoms with van der Waals surface area (Å²) in [6.45, 7) is 0.513. The van der Waals surface area contributed by atoms with Crippen molar-refractivity contribution in [3.05, 3.63) is 54.4 Å². The molecule has 0 aliphatic carbocycles. The molecule has 3 N–H and O–H groups in total. The van der Waals surface area contributed by atoms with Gasteiger partial charge in [-0.3, -0.25) is 9.78 Å². The summed E-state index contributed by atoms with van der Waals surface area (Å²) in [4.78, 5) is 15.9. The van der Waals surface area contributed by atoms with Crippen molar-refractivity contribution in [3.8, 4) is 5.75 Å². The molecule has 0 aliphatic heterocycles. The summed E-state index contributed by atoms with van der Waals surface area (Å²) in [7, 11) is 0. The SMILES string of the molecule is NCCc1ccc(OCC(=O)Nc2ccccc2)cn1. The number of anilines is 1. The quantitative estimate of drug-likeness (QED) is 0.836. The summed E-state index contributed by atoms with van der Waals surface area (Å²) >= 11 is 0. The second-order valence-corrected chi connectivity index (χ2v) is 4.23. The normalized spacial score (nSPS) is 10.1. The van der Waals surface area contributed by atoms with Crippen molar-refractivity contribution in [1.29, 1.82) is 0 Å². The topological polar surface area (TPSA) is 77.2 Å². The maximum Gasteiger partial charge on any atom is 0.262 e. The Kier molecular flexibility index (Phi) is 5.08. The summed E-state index contributed by atoms with van der Waals surface area (Å²) < 4.78 is 5.37. The van der Waals surface area contributed by atoms with Crippen LogP contribution in [0.3, 0.4) is 0 Å². The average molecular weight is 271 g/mol. The highest BCUT2D eigenvalue weighted by Gasteiger charge is 2.03. The second kappa shape index (κ2) is 7.25. The summed E-state index contributed by atoms with van der Waals surface area (Å²) in [6, 6.07) is 12.9. The van der Waals surface area contributed by atoms with Crippen LogP contribution >= 0.6 is 0 Å². The number of para-hydroxylation sites is 1. The molecule has 0 fully saturated rings. The van der Waals surface area contributed by atoms with E-state index in [4.69, 9.17) is 10.5 Å². The molecule has 0 saturated heterocycles. The van der Waals surface area contributed by atoms with E-state index in [1.807, 2.05) is 36.4 Å². The van der Waals surface area contributed by atoms with Crippen LogP contribution in [0, 0.1) is 0 Å². The molecule has 2 aromatic rings. The molecule has 0 bridgehead atoms. The molecule has 5 nitrogen and oxygen atoms in total. The molecule has 1 amide bonds. The number of pyridine rings is 1. The zero-order chi connectivity index (χ0) is 14.2. The number of hydrogen-bond acceptors (Lipinski definition) is 4. The van der Waals surface area contributed by atoms with Crippen LogP contribution in [-0.2, 0) is 11.2 Å². The zero-order valence-corrected chi connectivity index (χ0v) is 11.1. The number of benzene rings is 1. The van der Waals surface area contributed by atoms with Gasteiger partial charge in [0.25, 0.3) is 5.91 Å². The van der Waals surface area contributed by atoms with Crippen LogP contribution in [0.4, 0.5) is 5.69 Å². The first-order valence-electron chi connectivity index (χ1n) is 6.40. The van der Waals surface area contributed by atoms with Gasteiger partial charge >= 0.3 is 0 Å². The van der Waals surface area contributed by atoms with E-state index in [-0.39, 0.29) is 12.5 Å². The lowest BCUT2D eigenvalue weighted by atomic mass is 10.3. The third-order valence-electron chi connectivity index (χ3n) is 2.63. The number of nitrogens with two attached hydrogens (primary N) is 1. The Bertz CT molecular complexity index is 541. The number of carbonyl (C=O) groups excluding carboxylic acids is 1. The molecule has 1 heterocycles. The van der Waals surface area contributed by atoms with Crippen LogP contribution in [0.25, 0.3) is 0 Å². The lowest BCUT2D eigenvalue weighted by molar-refractivity contribution is -0.118. The number of ether oxygens (including phenoxy) is 1. The highest BCUT2D eigenvalue weighted by Crippen LogP contribution is 2.10. The fraction of sp³-hybridized carbons (Fsp3) is 0.200. The van der Waals surface area contributed by atoms with Crippen LogP contribution in [0.1, 0.15) is 5.69 Å². The Morgan fingerprint density at radius 3 is 2.65 bits per heavy atom. The number of carbonyl (C=O) groups is 1. The summed E-state index contributed by atoms with van der Waals surface area (Å²) in [5.41, 5.74) is 7.10. The van der Waals surface area contributed by atoms with Crippen LogP contribution in [0.15, 0.2) is 48.7 Å². The molecule has 0 saturated carbocycles. The predicted octanol–water partition coefficient (Wildman–Crippen LogP) is 1.60. The molecular formula is C15H17N3O2. The van der Waals surface area contributed by atoms with E-state index in [0.717, 1.165) is 17.8 Å². The molecule has 0 aliphatic rings. The predicted molar refractivity (Wildman–Crippen MR) is 77.6 cm³/mol. The van der Waals surface area contributed by atoms with E-state index >= 15 is 0 Å². The first kappa shape index (κ1) is 14.0. The Balaban J connectivity index is 1.81. The lowest BCUT2D eigenvalue weighted by Gasteiger charge is -2.07. The lowest BCUT2D eigenvalue weighted by Crippen LogP contribution is -2.20. The van der Waals surface area contributed by atoms with E-state index < -0.39 is 0 Å². The van der Waals surface area contributed by atoms with Gasteiger partial charge in [0.2, 0.25) is 0 Å². The van der Waals surface area contributed by atoms with Crippen molar-refractivity contribution in [2.24, 2.45) is 5.73 Å². The minimum Gasteiger partial charge on any atom is -0.482 e. The molecule has 5 heteroatoms. The minimum absolute atomic E-state index is 0.0488. The van der Waals surface area contributed by atoms with Crippen molar-refractivity contribution < 1.29 is 9.53 Å². The molecule has 0 unspecified atom stereocenters. The maximum absolute atomic E-state index is 11.7. The molecule has 20 heavy (non-hydrogen) atoms. The molecule has 2 rings (SSSR count). The van der Waals surface area contributed by atoms with Crippen LogP contribution in [-0.4, -0.2) is 24.0 Å². The van der Waals surface area contributed by atoms with E-state index in [1.165, 1.54) is 0 Å². The van der Waals surface area contributed by atoms with Gasteiger partial charge in [0.05, 0.1) is 6.20 Å². The molecule has 0 radical (unpaired) electrons. The van der Waals surface area contributed by atoms with Crippen molar-refractivity contribution in [2.75, 3.05) is 18.5 Å². The van der Waals surface area contributed by atoms with Crippen LogP contribution < -0.4 is 15.8 Å². The Morgan fingerprint density at radius 2 is 2.00 bits per heavy atom. The number of nitrogens with zero attached hydrogens (tertiary/aromatic N) is 1. The second-order valence-electron chi connectivity index (χ2n) is 4.23. The zero-order valence-electron chi connectivity index (χ0n) is 11.1. The fourth-order valence-electron chi connectivity index (χ4n) is 1.66. The highest BCUT2D eigenvalue weighted by molar-refractivity contribution is 5.91. The van der Waals surface area contributed by atoms with E-state index in [9.17, 15) is 4.79 Å². The number of nitrogens with one attached hydrogen (secondary N) is 1. The van der Waals surface area contributed by atoms with Gasteiger partial charge in [-0.25, -0.2) is 0 Å². The third-order valence-corrected chi connectivity index (χ3v) is 2.63. The molecular weight excluding hydrogens is 254 g/mol. The third kappa shape index (κ3) is 4.37. The summed E-state index contributed by atoms with van der Waals surface area (Å²) in [5, 5.41) is 2.74. The first-order chi connectivity index (χ1) is 9.78. The first-order valence-corrected chi connectivity index (χ1v) is 6.40. The Morgan fingerprint density at radius 1 is 1.20 bits per heavy atom. The van der Waals surface area contributed by atoms with Crippen molar-refractivity contribution in [2.45, 2.75) is 6.42 Å². The van der Waals surface area contributed by atoms with Gasteiger partial charge in [-0.05, 0) is 30.8 Å². The van der Waals surface area contributed by atoms with Gasteiger partial charge in [0, 0.05) is 17.8 Å². The Hall–Kier alpha value is -2.40. The fourth-order valence-corrected chi connectivity index (χ4v) is 1.66. The van der Waals surface area contributed by atoms with Gasteiger partial charge in [0.15, 0.2) is 6.61 Å². The Labute approximate surface area is 117 Å². The minimum atomic E-state index is -0.206. The van der Waals surface area contributed by atoms with E-state index in [1.54, 1.807) is 12.3 Å². The van der Waals surface area contributed by atoms with Crippen LogP contribution in [0.2, 0.25) is 0 Å². The number of amides is 1. The van der Waals surface area contributed by atoms with Gasteiger partial charge < -0.3 is 15.8 Å². The summed E-state index contributed by atoms with van der Waals surface area (Å²) in [6.07, 6.45) is 2.33. The van der Waals surface area contributed by atoms with Crippen molar-refractivity contribution >= 4 is 11.6 Å². The van der Waals surface area contributed by atoms with Gasteiger partial charge in [-0.2, -0.15) is 0 Å². The maximum atomic E-state index is 11.7. The molecule has 0 atom stereocenters. The number of aromatic nitrogens is 1. The summed E-state index contributed by atoms with van der Waals surface area (Å²) in [5.74, 6) is 0.358. The molecule has 1 aromatic carbocycles. The molecule has 0 spiro atoms. The van der Waals surface area contributed by atoms with Gasteiger partial charge in [0.1, 0.15) is 5.75 Å². The monoisotopic (exact) mass is 271 g/mol. The van der Waals surface area contributed by atoms with Gasteiger partial charge in [-0.15, -0.1) is 0 Å². The smallest absolute Gasteiger partial charge is 0.262 e.